The minimum absolute atomic E-state index is 0.177. The molecule has 3 rings (SSSR count). The van der Waals surface area contributed by atoms with Crippen molar-refractivity contribution in [3.63, 3.8) is 0 Å². The molecule has 0 saturated heterocycles. The maximum absolute atomic E-state index is 14.4. The van der Waals surface area contributed by atoms with Crippen LogP contribution in [0, 0.1) is 18.7 Å². The Morgan fingerprint density at radius 2 is 1.69 bits per heavy atom. The third-order valence-electron chi connectivity index (χ3n) is 5.53. The molecule has 1 aliphatic carbocycles. The van der Waals surface area contributed by atoms with Gasteiger partial charge in [0, 0.05) is 16.3 Å². The van der Waals surface area contributed by atoms with Crippen LogP contribution in [-0.4, -0.2) is 10.2 Å². The summed E-state index contributed by atoms with van der Waals surface area (Å²) in [7, 11) is 1.25. The Kier molecular flexibility index (Phi) is 5.75. The van der Waals surface area contributed by atoms with Gasteiger partial charge in [-0.25, -0.2) is 4.39 Å². The predicted molar refractivity (Wildman–Crippen MR) is 102 cm³/mol. The lowest BCUT2D eigenvalue weighted by atomic mass is 9.79. The summed E-state index contributed by atoms with van der Waals surface area (Å²) in [6.07, 6.45) is 1.27. The van der Waals surface area contributed by atoms with Gasteiger partial charge in [-0.15, -0.1) is 0 Å². The third kappa shape index (κ3) is 4.31. The molecule has 0 aromatic heterocycles. The van der Waals surface area contributed by atoms with E-state index in [1.54, 1.807) is 19.1 Å². The van der Waals surface area contributed by atoms with Gasteiger partial charge in [-0.05, 0) is 60.9 Å². The number of aryl methyl sites for hydroxylation is 1. The molecule has 0 amide bonds. The second-order valence-electron chi connectivity index (χ2n) is 7.28. The zero-order valence-corrected chi connectivity index (χ0v) is 17.3. The van der Waals surface area contributed by atoms with Gasteiger partial charge in [0.1, 0.15) is 11.6 Å². The summed E-state index contributed by atoms with van der Waals surface area (Å²) in [4.78, 5) is 0. The molecule has 0 heterocycles. The van der Waals surface area contributed by atoms with E-state index in [0.29, 0.717) is 11.5 Å². The molecule has 5 heteroatoms. The Labute approximate surface area is 156 Å². The van der Waals surface area contributed by atoms with E-state index in [1.807, 2.05) is 0 Å². The molecule has 0 radical (unpaired) electrons. The molecule has 0 unspecified atom stereocenters. The van der Waals surface area contributed by atoms with Gasteiger partial charge < -0.3 is 4.74 Å². The van der Waals surface area contributed by atoms with Crippen molar-refractivity contribution in [1.82, 2.24) is 0 Å². The zero-order chi connectivity index (χ0) is 18.7. The lowest BCUT2D eigenvalue weighted by Crippen LogP contribution is -2.22. The molecular weight excluding hydrogens is 353 g/mol. The van der Waals surface area contributed by atoms with Crippen LogP contribution >= 0.6 is 0 Å². The van der Waals surface area contributed by atoms with Crippen molar-refractivity contribution in [2.24, 2.45) is 5.92 Å². The van der Waals surface area contributed by atoms with E-state index in [-0.39, 0.29) is 11.3 Å². The number of ether oxygens (including phenoxy) is 1. The highest BCUT2D eigenvalue weighted by molar-refractivity contribution is 6.08. The summed E-state index contributed by atoms with van der Waals surface area (Å²) < 4.78 is 47.1. The normalized spacial score (nSPS) is 20.9. The molecule has 0 N–H and O–H groups in total. The predicted octanol–water partition coefficient (Wildman–Crippen LogP) is 5.32. The van der Waals surface area contributed by atoms with E-state index in [1.165, 1.54) is 53.4 Å². The zero-order valence-electron chi connectivity index (χ0n) is 15.3. The van der Waals surface area contributed by atoms with Crippen molar-refractivity contribution in [2.75, 3.05) is 0 Å². The second kappa shape index (κ2) is 7.87. The first-order chi connectivity index (χ1) is 12.4. The van der Waals surface area contributed by atoms with Crippen LogP contribution in [0.15, 0.2) is 42.5 Å². The molecule has 1 nitrogen and oxygen atoms in total. The fourth-order valence-corrected chi connectivity index (χ4v) is 4.51. The fraction of sp³-hybridized carbons (Fsp3) is 0.429. The van der Waals surface area contributed by atoms with Gasteiger partial charge in [0.15, 0.2) is 0 Å². The first kappa shape index (κ1) is 19.0. The van der Waals surface area contributed by atoms with Crippen LogP contribution in [0.3, 0.4) is 0 Å². The average Bonchev–Trinajstić information content (AvgIpc) is 2.65. The molecule has 26 heavy (non-hydrogen) atoms. The van der Waals surface area contributed by atoms with E-state index >= 15 is 0 Å². The Hall–Kier alpha value is -1.75. The Morgan fingerprint density at radius 3 is 2.27 bits per heavy atom. The minimum Gasteiger partial charge on any atom is -0.429 e. The van der Waals surface area contributed by atoms with Gasteiger partial charge in [-0.2, -0.15) is 8.78 Å². The highest BCUT2D eigenvalue weighted by atomic mass is 28.1. The number of hydrogen-bond donors (Lipinski definition) is 0. The quantitative estimate of drug-likeness (QED) is 0.640. The maximum Gasteiger partial charge on any atom is 0.426 e. The van der Waals surface area contributed by atoms with E-state index in [9.17, 15) is 13.2 Å². The van der Waals surface area contributed by atoms with Gasteiger partial charge in [-0.3, -0.25) is 0 Å². The molecular formula is C21H25F3OSi. The minimum atomic E-state index is -3.50. The molecule has 1 fully saturated rings. The van der Waals surface area contributed by atoms with Crippen molar-refractivity contribution < 1.29 is 17.9 Å². The Bertz CT molecular complexity index is 737. The largest absolute Gasteiger partial charge is 0.429 e. The summed E-state index contributed by atoms with van der Waals surface area (Å²) in [6.45, 7) is 1.58. The van der Waals surface area contributed by atoms with Crippen LogP contribution < -0.4 is 4.74 Å². The molecule has 0 atom stereocenters. The van der Waals surface area contributed by atoms with E-state index in [0.717, 1.165) is 30.4 Å². The molecule has 2 aromatic rings. The van der Waals surface area contributed by atoms with Crippen molar-refractivity contribution >= 4 is 10.2 Å². The number of halogens is 3. The summed E-state index contributed by atoms with van der Waals surface area (Å²) in [6, 6.07) is 11.6. The topological polar surface area (TPSA) is 9.23 Å². The SMILES string of the molecule is Cc1ccc(OC(F)(F)c2ccc(C3CCC(C[SiH3])CC3)cc2)cc1F. The number of hydrogen-bond acceptors (Lipinski definition) is 1. The first-order valence-electron chi connectivity index (χ1n) is 9.32. The molecule has 1 saturated carbocycles. The van der Waals surface area contributed by atoms with E-state index in [4.69, 9.17) is 4.74 Å². The summed E-state index contributed by atoms with van der Waals surface area (Å²) >= 11 is 0. The molecule has 1 aliphatic rings. The number of benzene rings is 2. The number of rotatable bonds is 5. The van der Waals surface area contributed by atoms with Crippen molar-refractivity contribution in [2.45, 2.75) is 50.7 Å². The van der Waals surface area contributed by atoms with E-state index in [2.05, 4.69) is 0 Å². The summed E-state index contributed by atoms with van der Waals surface area (Å²) in [5, 5.41) is 0. The lowest BCUT2D eigenvalue weighted by Gasteiger charge is -2.28. The van der Waals surface area contributed by atoms with Gasteiger partial charge in [0.2, 0.25) is 0 Å². The fourth-order valence-electron chi connectivity index (χ4n) is 3.70. The third-order valence-corrected chi connectivity index (χ3v) is 6.69. The van der Waals surface area contributed by atoms with Crippen LogP contribution in [0.4, 0.5) is 13.2 Å². The van der Waals surface area contributed by atoms with Gasteiger partial charge in [0.25, 0.3) is 0 Å². The van der Waals surface area contributed by atoms with Crippen molar-refractivity contribution in [1.29, 1.82) is 0 Å². The molecule has 0 bridgehead atoms. The maximum atomic E-state index is 14.4. The summed E-state index contributed by atoms with van der Waals surface area (Å²) in [5.41, 5.74) is 1.30. The van der Waals surface area contributed by atoms with Crippen LogP contribution in [0.2, 0.25) is 6.04 Å². The highest BCUT2D eigenvalue weighted by Crippen LogP contribution is 2.38. The molecule has 2 aromatic carbocycles. The highest BCUT2D eigenvalue weighted by Gasteiger charge is 2.35. The smallest absolute Gasteiger partial charge is 0.426 e. The number of alkyl halides is 2. The first-order valence-corrected chi connectivity index (χ1v) is 10.7. The molecule has 140 valence electrons. The van der Waals surface area contributed by atoms with Crippen LogP contribution in [0.25, 0.3) is 0 Å². The van der Waals surface area contributed by atoms with Crippen LogP contribution in [0.5, 0.6) is 5.75 Å². The molecule has 0 aliphatic heterocycles. The molecule has 0 spiro atoms. The van der Waals surface area contributed by atoms with Crippen molar-refractivity contribution in [3.8, 4) is 5.75 Å². The van der Waals surface area contributed by atoms with E-state index < -0.39 is 11.9 Å². The average molecular weight is 379 g/mol. The van der Waals surface area contributed by atoms with Gasteiger partial charge in [-0.1, -0.05) is 37.1 Å². The standard InChI is InChI=1S/C21H25F3OSi/c1-14-2-11-19(12-20(14)22)25-21(23,24)18-9-7-17(8-10-18)16-5-3-15(13-26)4-6-16/h2,7-12,15-16H,3-6,13H2,1,26H3. The van der Waals surface area contributed by atoms with Gasteiger partial charge in [0.05, 0.1) is 5.56 Å². The van der Waals surface area contributed by atoms with Crippen LogP contribution in [-0.2, 0) is 6.11 Å². The van der Waals surface area contributed by atoms with Gasteiger partial charge >= 0.3 is 6.11 Å². The lowest BCUT2D eigenvalue weighted by molar-refractivity contribution is -0.185. The van der Waals surface area contributed by atoms with Crippen LogP contribution in [0.1, 0.15) is 48.3 Å². The summed E-state index contributed by atoms with van der Waals surface area (Å²) in [5.74, 6) is 0.599. The Balaban J connectivity index is 1.69. The monoisotopic (exact) mass is 378 g/mol. The Morgan fingerprint density at radius 1 is 1.04 bits per heavy atom. The van der Waals surface area contributed by atoms with Crippen molar-refractivity contribution in [3.05, 3.63) is 65.0 Å². The second-order valence-corrected chi connectivity index (χ2v) is 8.09.